The van der Waals surface area contributed by atoms with E-state index in [9.17, 15) is 0 Å². The molecule has 0 aliphatic carbocycles. The van der Waals surface area contributed by atoms with Gasteiger partial charge in [0.05, 0.1) is 6.61 Å². The van der Waals surface area contributed by atoms with Gasteiger partial charge in [0, 0.05) is 18.5 Å². The minimum Gasteiger partial charge on any atom is -0.368 e. The first-order valence-electron chi connectivity index (χ1n) is 6.76. The summed E-state index contributed by atoms with van der Waals surface area (Å²) in [5, 5.41) is 0. The fraction of sp³-hybridized carbons (Fsp3) is 0.769. The van der Waals surface area contributed by atoms with Crippen molar-refractivity contribution < 1.29 is 4.74 Å². The van der Waals surface area contributed by atoms with E-state index in [2.05, 4.69) is 47.5 Å². The molecule has 1 aliphatic heterocycles. The van der Waals surface area contributed by atoms with Gasteiger partial charge in [-0.3, -0.25) is 4.90 Å². The lowest BCUT2D eigenvalue weighted by Gasteiger charge is -2.31. The van der Waals surface area contributed by atoms with Crippen LogP contribution in [0.1, 0.15) is 45.4 Å². The lowest BCUT2D eigenvalue weighted by molar-refractivity contribution is -0.0327. The molecule has 6 heteroatoms. The average Bonchev–Trinajstić information content (AvgIpc) is 2.37. The predicted molar refractivity (Wildman–Crippen MR) is 73.7 cm³/mol. The van der Waals surface area contributed by atoms with Crippen LogP contribution in [0, 0.1) is 0 Å². The quantitative estimate of drug-likeness (QED) is 0.864. The second-order valence-corrected chi connectivity index (χ2v) is 5.88. The minimum atomic E-state index is -0.148. The Bertz CT molecular complexity index is 443. The Morgan fingerprint density at radius 3 is 2.68 bits per heavy atom. The number of hydrogen-bond donors (Lipinski definition) is 1. The second kappa shape index (κ2) is 5.38. The number of nitrogens with zero attached hydrogens (tertiary/aromatic N) is 4. The second-order valence-electron chi connectivity index (χ2n) is 5.88. The van der Waals surface area contributed by atoms with Crippen LogP contribution in [0.25, 0.3) is 0 Å². The third-order valence-corrected chi connectivity index (χ3v) is 3.23. The van der Waals surface area contributed by atoms with E-state index >= 15 is 0 Å². The molecule has 1 saturated heterocycles. The molecule has 0 spiro atoms. The van der Waals surface area contributed by atoms with Crippen molar-refractivity contribution in [2.24, 2.45) is 0 Å². The van der Waals surface area contributed by atoms with E-state index in [4.69, 9.17) is 10.5 Å². The van der Waals surface area contributed by atoms with Crippen LogP contribution in [0.3, 0.4) is 0 Å². The third kappa shape index (κ3) is 3.39. The van der Waals surface area contributed by atoms with E-state index in [1.807, 2.05) is 0 Å². The fourth-order valence-electron chi connectivity index (χ4n) is 2.03. The molecule has 0 saturated carbocycles. The molecule has 1 aromatic heterocycles. The van der Waals surface area contributed by atoms with Crippen molar-refractivity contribution in [3.05, 3.63) is 11.6 Å². The molecule has 2 rings (SSSR count). The Hall–Kier alpha value is -1.27. The molecule has 1 aromatic rings. The van der Waals surface area contributed by atoms with E-state index in [0.29, 0.717) is 18.3 Å². The molecule has 0 bridgehead atoms. The van der Waals surface area contributed by atoms with Crippen molar-refractivity contribution in [2.75, 3.05) is 32.0 Å². The number of ether oxygens (including phenoxy) is 1. The van der Waals surface area contributed by atoms with E-state index in [-0.39, 0.29) is 17.5 Å². The molecule has 19 heavy (non-hydrogen) atoms. The van der Waals surface area contributed by atoms with Gasteiger partial charge < -0.3 is 10.5 Å². The molecule has 1 fully saturated rings. The van der Waals surface area contributed by atoms with Crippen LogP contribution in [0.2, 0.25) is 0 Å². The highest BCUT2D eigenvalue weighted by atomic mass is 16.5. The number of nitrogen functional groups attached to an aromatic ring is 1. The minimum absolute atomic E-state index is 0.111. The molecular formula is C13H23N5O. The summed E-state index contributed by atoms with van der Waals surface area (Å²) in [4.78, 5) is 15.3. The zero-order valence-electron chi connectivity index (χ0n) is 12.2. The van der Waals surface area contributed by atoms with Gasteiger partial charge in [0.1, 0.15) is 11.9 Å². The topological polar surface area (TPSA) is 77.2 Å². The maximum Gasteiger partial charge on any atom is 0.223 e. The van der Waals surface area contributed by atoms with Gasteiger partial charge in [0.25, 0.3) is 0 Å². The van der Waals surface area contributed by atoms with E-state index in [1.54, 1.807) is 0 Å². The van der Waals surface area contributed by atoms with Crippen molar-refractivity contribution in [3.63, 3.8) is 0 Å². The number of rotatable bonds is 2. The summed E-state index contributed by atoms with van der Waals surface area (Å²) in [5.74, 6) is 1.63. The summed E-state index contributed by atoms with van der Waals surface area (Å²) < 4.78 is 5.77. The number of anilines is 1. The highest BCUT2D eigenvalue weighted by molar-refractivity contribution is 5.20. The Morgan fingerprint density at radius 1 is 1.32 bits per heavy atom. The molecule has 1 atom stereocenters. The summed E-state index contributed by atoms with van der Waals surface area (Å²) in [6, 6.07) is 0. The van der Waals surface area contributed by atoms with Crippen LogP contribution in [-0.4, -0.2) is 46.1 Å². The molecular weight excluding hydrogens is 242 g/mol. The zero-order valence-corrected chi connectivity index (χ0v) is 12.2. The molecule has 2 N–H and O–H groups in total. The number of hydrogen-bond acceptors (Lipinski definition) is 6. The van der Waals surface area contributed by atoms with Crippen LogP contribution in [0.4, 0.5) is 5.95 Å². The van der Waals surface area contributed by atoms with Crippen LogP contribution in [0.5, 0.6) is 0 Å². The summed E-state index contributed by atoms with van der Waals surface area (Å²) in [7, 11) is 0. The van der Waals surface area contributed by atoms with Crippen molar-refractivity contribution in [2.45, 2.75) is 39.2 Å². The van der Waals surface area contributed by atoms with Gasteiger partial charge in [-0.2, -0.15) is 9.97 Å². The molecule has 1 aliphatic rings. The molecule has 6 nitrogen and oxygen atoms in total. The number of aromatic nitrogens is 3. The standard InChI is InChI=1S/C13H23N5O/c1-5-18-6-7-19-9(8-18)10-15-11(13(2,3)4)17-12(14)16-10/h9H,5-8H2,1-4H3,(H2,14,15,16,17). The van der Waals surface area contributed by atoms with Gasteiger partial charge >= 0.3 is 0 Å². The summed E-state index contributed by atoms with van der Waals surface area (Å²) in [6.07, 6.45) is -0.111. The largest absolute Gasteiger partial charge is 0.368 e. The summed E-state index contributed by atoms with van der Waals surface area (Å²) in [5.41, 5.74) is 5.65. The summed E-state index contributed by atoms with van der Waals surface area (Å²) >= 11 is 0. The average molecular weight is 265 g/mol. The van der Waals surface area contributed by atoms with Crippen molar-refractivity contribution in [1.82, 2.24) is 19.9 Å². The maximum absolute atomic E-state index is 5.80. The van der Waals surface area contributed by atoms with Gasteiger partial charge in [0.15, 0.2) is 5.82 Å². The first-order chi connectivity index (χ1) is 8.90. The predicted octanol–water partition coefficient (Wildman–Crippen LogP) is 1.14. The molecule has 0 amide bonds. The van der Waals surface area contributed by atoms with Crippen LogP contribution >= 0.6 is 0 Å². The molecule has 106 valence electrons. The maximum atomic E-state index is 5.80. The number of likely N-dealkylation sites (N-methyl/N-ethyl adjacent to an activating group) is 1. The smallest absolute Gasteiger partial charge is 0.223 e. The van der Waals surface area contributed by atoms with Crippen molar-refractivity contribution >= 4 is 5.95 Å². The van der Waals surface area contributed by atoms with E-state index in [0.717, 1.165) is 19.6 Å². The number of nitrogens with two attached hydrogens (primary N) is 1. The lowest BCUT2D eigenvalue weighted by Crippen LogP contribution is -2.39. The third-order valence-electron chi connectivity index (χ3n) is 3.23. The fourth-order valence-corrected chi connectivity index (χ4v) is 2.03. The van der Waals surface area contributed by atoms with Crippen molar-refractivity contribution in [3.8, 4) is 0 Å². The van der Waals surface area contributed by atoms with Gasteiger partial charge in [-0.1, -0.05) is 27.7 Å². The zero-order chi connectivity index (χ0) is 14.0. The Kier molecular flexibility index (Phi) is 4.01. The van der Waals surface area contributed by atoms with Gasteiger partial charge in [-0.25, -0.2) is 4.98 Å². The summed E-state index contributed by atoms with van der Waals surface area (Å²) in [6.45, 7) is 11.8. The molecule has 0 radical (unpaired) electrons. The first kappa shape index (κ1) is 14.1. The van der Waals surface area contributed by atoms with Crippen LogP contribution < -0.4 is 5.73 Å². The Morgan fingerprint density at radius 2 is 2.05 bits per heavy atom. The van der Waals surface area contributed by atoms with Crippen molar-refractivity contribution in [1.29, 1.82) is 0 Å². The Balaban J connectivity index is 2.26. The first-order valence-corrected chi connectivity index (χ1v) is 6.76. The lowest BCUT2D eigenvalue weighted by atomic mass is 9.96. The van der Waals surface area contributed by atoms with E-state index in [1.165, 1.54) is 0 Å². The van der Waals surface area contributed by atoms with E-state index < -0.39 is 0 Å². The molecule has 0 aromatic carbocycles. The van der Waals surface area contributed by atoms with Crippen LogP contribution in [0.15, 0.2) is 0 Å². The van der Waals surface area contributed by atoms with Gasteiger partial charge in [0.2, 0.25) is 5.95 Å². The normalized spacial score (nSPS) is 21.6. The van der Waals surface area contributed by atoms with Crippen LogP contribution in [-0.2, 0) is 10.2 Å². The Labute approximate surface area is 114 Å². The highest BCUT2D eigenvalue weighted by Crippen LogP contribution is 2.23. The monoisotopic (exact) mass is 265 g/mol. The number of morpholine rings is 1. The van der Waals surface area contributed by atoms with Gasteiger partial charge in [-0.05, 0) is 6.54 Å². The van der Waals surface area contributed by atoms with Gasteiger partial charge in [-0.15, -0.1) is 0 Å². The molecule has 2 heterocycles. The SMILES string of the molecule is CCN1CCOC(c2nc(N)nc(C(C)(C)C)n2)C1. The highest BCUT2D eigenvalue weighted by Gasteiger charge is 2.26. The molecule has 1 unspecified atom stereocenters.